The minimum Gasteiger partial charge on any atom is -0.297 e. The third-order valence-electron chi connectivity index (χ3n) is 2.75. The zero-order valence-electron chi connectivity index (χ0n) is 11.3. The van der Waals surface area contributed by atoms with Crippen LogP contribution in [0.2, 0.25) is 0 Å². The molecular weight excluding hydrogens is 266 g/mol. The number of ketones is 1. The maximum Gasteiger partial charge on any atom is 0.211 e. The van der Waals surface area contributed by atoms with Crippen molar-refractivity contribution in [2.75, 3.05) is 0 Å². The maximum atomic E-state index is 12.0. The molecule has 0 radical (unpaired) electrons. The van der Waals surface area contributed by atoms with Crippen molar-refractivity contribution >= 4 is 28.2 Å². The van der Waals surface area contributed by atoms with Crippen LogP contribution in [0.5, 0.6) is 0 Å². The summed E-state index contributed by atoms with van der Waals surface area (Å²) in [5, 5.41) is 7.64. The van der Waals surface area contributed by atoms with Gasteiger partial charge in [-0.05, 0) is 25.5 Å². The Morgan fingerprint density at radius 3 is 2.30 bits per heavy atom. The molecule has 98 valence electrons. The van der Waals surface area contributed by atoms with E-state index in [2.05, 4.69) is 23.7 Å². The molecule has 0 heterocycles. The number of fused-ring (bicyclic) bond motifs is 1. The number of carbonyl (C=O) groups is 1. The molecule has 0 atom stereocenters. The molecule has 0 aliphatic heterocycles. The number of nitrogens with one attached hydrogen (secondary N) is 1. The minimum atomic E-state index is -0.232. The lowest BCUT2D eigenvalue weighted by molar-refractivity contribution is 0.106. The molecule has 0 bridgehead atoms. The Balaban J connectivity index is 2.42. The number of rotatable bonds is 2. The Labute approximate surface area is 123 Å². The second kappa shape index (κ2) is 6.28. The first-order valence-corrected chi connectivity index (χ1v) is 7.01. The van der Waals surface area contributed by atoms with E-state index in [9.17, 15) is 4.79 Å². The van der Waals surface area contributed by atoms with Crippen LogP contribution < -0.4 is 0 Å². The lowest BCUT2D eigenvalue weighted by Crippen LogP contribution is -2.17. The van der Waals surface area contributed by atoms with Crippen molar-refractivity contribution in [2.24, 2.45) is 0 Å². The van der Waals surface area contributed by atoms with E-state index >= 15 is 0 Å². The molecule has 1 aromatic carbocycles. The highest BCUT2D eigenvalue weighted by Crippen LogP contribution is 2.35. The van der Waals surface area contributed by atoms with Crippen molar-refractivity contribution in [1.82, 2.24) is 0 Å². The van der Waals surface area contributed by atoms with E-state index in [0.717, 1.165) is 10.5 Å². The minimum absolute atomic E-state index is 0.0128. The monoisotopic (exact) mass is 279 g/mol. The zero-order valence-corrected chi connectivity index (χ0v) is 12.1. The van der Waals surface area contributed by atoms with Crippen LogP contribution in [-0.4, -0.2) is 16.7 Å². The van der Waals surface area contributed by atoms with E-state index in [1.807, 2.05) is 18.2 Å². The summed E-state index contributed by atoms with van der Waals surface area (Å²) in [5.41, 5.74) is 1.45. The van der Waals surface area contributed by atoms with Crippen molar-refractivity contribution in [3.8, 4) is 23.7 Å². The van der Waals surface area contributed by atoms with Crippen LogP contribution in [0.4, 0.5) is 0 Å². The first-order valence-electron chi connectivity index (χ1n) is 6.13. The SMILES string of the molecule is CC#CC(C#CC)SC1=CC(=N)C(=O)c2ccccc21. The molecular formula is C17H13NOS. The van der Waals surface area contributed by atoms with Gasteiger partial charge in [0.15, 0.2) is 0 Å². The quantitative estimate of drug-likeness (QED) is 0.843. The smallest absolute Gasteiger partial charge is 0.211 e. The molecule has 0 aromatic heterocycles. The second-order valence-electron chi connectivity index (χ2n) is 4.08. The van der Waals surface area contributed by atoms with E-state index in [-0.39, 0.29) is 16.7 Å². The Bertz CT molecular complexity index is 703. The van der Waals surface area contributed by atoms with Crippen LogP contribution in [0.25, 0.3) is 4.91 Å². The number of hydrogen-bond acceptors (Lipinski definition) is 3. The zero-order chi connectivity index (χ0) is 14.5. The Kier molecular flexibility index (Phi) is 4.45. The normalized spacial score (nSPS) is 12.8. The van der Waals surface area contributed by atoms with Gasteiger partial charge in [-0.1, -0.05) is 47.9 Å². The molecule has 3 heteroatoms. The number of allylic oxidation sites excluding steroid dienone is 1. The molecule has 1 aromatic rings. The summed E-state index contributed by atoms with van der Waals surface area (Å²) >= 11 is 1.48. The number of hydrogen-bond donors (Lipinski definition) is 1. The fourth-order valence-electron chi connectivity index (χ4n) is 1.90. The van der Waals surface area contributed by atoms with Gasteiger partial charge < -0.3 is 0 Å². The predicted molar refractivity (Wildman–Crippen MR) is 84.8 cm³/mol. The Hall–Kier alpha value is -2.23. The topological polar surface area (TPSA) is 40.9 Å². The fourth-order valence-corrected chi connectivity index (χ4v) is 3.00. The highest BCUT2D eigenvalue weighted by atomic mass is 32.2. The Morgan fingerprint density at radius 1 is 1.10 bits per heavy atom. The number of benzene rings is 1. The van der Waals surface area contributed by atoms with E-state index < -0.39 is 0 Å². The molecule has 1 aliphatic carbocycles. The van der Waals surface area contributed by atoms with Gasteiger partial charge in [-0.2, -0.15) is 0 Å². The average Bonchev–Trinajstić information content (AvgIpc) is 2.45. The summed E-state index contributed by atoms with van der Waals surface area (Å²) in [6, 6.07) is 7.36. The summed E-state index contributed by atoms with van der Waals surface area (Å²) in [4.78, 5) is 12.8. The van der Waals surface area contributed by atoms with Crippen molar-refractivity contribution in [2.45, 2.75) is 19.1 Å². The third kappa shape index (κ3) is 2.85. The van der Waals surface area contributed by atoms with Gasteiger partial charge in [0.05, 0.1) is 0 Å². The van der Waals surface area contributed by atoms with Crippen LogP contribution in [0, 0.1) is 29.1 Å². The van der Waals surface area contributed by atoms with Gasteiger partial charge in [0.2, 0.25) is 5.78 Å². The van der Waals surface area contributed by atoms with Gasteiger partial charge in [-0.15, -0.1) is 11.8 Å². The van der Waals surface area contributed by atoms with Crippen LogP contribution in [0.15, 0.2) is 30.3 Å². The summed E-state index contributed by atoms with van der Waals surface area (Å²) < 4.78 is 0. The fraction of sp³-hybridized carbons (Fsp3) is 0.176. The first kappa shape index (κ1) is 14.2. The average molecular weight is 279 g/mol. The van der Waals surface area contributed by atoms with Crippen molar-refractivity contribution in [1.29, 1.82) is 5.41 Å². The molecule has 1 N–H and O–H groups in total. The highest BCUT2D eigenvalue weighted by molar-refractivity contribution is 8.09. The molecule has 0 fully saturated rings. The van der Waals surface area contributed by atoms with Gasteiger partial charge in [-0.3, -0.25) is 10.2 Å². The predicted octanol–water partition coefficient (Wildman–Crippen LogP) is 3.39. The van der Waals surface area contributed by atoms with Gasteiger partial charge in [0.25, 0.3) is 0 Å². The van der Waals surface area contributed by atoms with E-state index in [1.165, 1.54) is 11.8 Å². The van der Waals surface area contributed by atoms with Gasteiger partial charge >= 0.3 is 0 Å². The molecule has 0 saturated carbocycles. The van der Waals surface area contributed by atoms with Gasteiger partial charge in [0, 0.05) is 10.5 Å². The van der Waals surface area contributed by atoms with Crippen LogP contribution in [0.1, 0.15) is 29.8 Å². The van der Waals surface area contributed by atoms with Crippen molar-refractivity contribution in [3.63, 3.8) is 0 Å². The number of thioether (sulfide) groups is 1. The standard InChI is InChI=1S/C17H13NOS/c1-3-7-12(8-4-2)20-16-11-15(18)17(19)14-10-6-5-9-13(14)16/h5-6,9-12,18H,1-2H3. The molecule has 0 unspecified atom stereocenters. The molecule has 0 saturated heterocycles. The number of carbonyl (C=O) groups excluding carboxylic acids is 1. The van der Waals surface area contributed by atoms with Crippen molar-refractivity contribution < 1.29 is 4.79 Å². The lowest BCUT2D eigenvalue weighted by Gasteiger charge is -2.17. The summed E-state index contributed by atoms with van der Waals surface area (Å²) in [5.74, 6) is 11.6. The molecule has 1 aliphatic rings. The molecule has 20 heavy (non-hydrogen) atoms. The van der Waals surface area contributed by atoms with Crippen molar-refractivity contribution in [3.05, 3.63) is 41.5 Å². The largest absolute Gasteiger partial charge is 0.297 e. The highest BCUT2D eigenvalue weighted by Gasteiger charge is 2.24. The first-order chi connectivity index (χ1) is 9.67. The molecule has 2 nitrogen and oxygen atoms in total. The van der Waals surface area contributed by atoms with Gasteiger partial charge in [0.1, 0.15) is 11.0 Å². The summed E-state index contributed by atoms with van der Waals surface area (Å²) in [6.07, 6.45) is 1.61. The summed E-state index contributed by atoms with van der Waals surface area (Å²) in [7, 11) is 0. The van der Waals surface area contributed by atoms with Gasteiger partial charge in [-0.25, -0.2) is 0 Å². The van der Waals surface area contributed by atoms with E-state index in [0.29, 0.717) is 5.56 Å². The summed E-state index contributed by atoms with van der Waals surface area (Å²) in [6.45, 7) is 3.55. The van der Waals surface area contributed by atoms with Crippen LogP contribution >= 0.6 is 11.8 Å². The van der Waals surface area contributed by atoms with Crippen LogP contribution in [0.3, 0.4) is 0 Å². The second-order valence-corrected chi connectivity index (χ2v) is 5.23. The maximum absolute atomic E-state index is 12.0. The van der Waals surface area contributed by atoms with Crippen LogP contribution in [-0.2, 0) is 0 Å². The Morgan fingerprint density at radius 2 is 1.70 bits per heavy atom. The number of Topliss-reactive ketones (excluding diaryl/α,β-unsaturated/α-hetero) is 1. The van der Waals surface area contributed by atoms with E-state index in [1.54, 1.807) is 26.0 Å². The third-order valence-corrected chi connectivity index (χ3v) is 3.82. The lowest BCUT2D eigenvalue weighted by atomic mass is 9.95. The molecule has 0 spiro atoms. The molecule has 0 amide bonds. The molecule has 2 rings (SSSR count). The van der Waals surface area contributed by atoms with E-state index in [4.69, 9.17) is 5.41 Å².